The van der Waals surface area contributed by atoms with E-state index in [0.717, 1.165) is 11.3 Å². The van der Waals surface area contributed by atoms with Crippen LogP contribution in [-0.2, 0) is 11.3 Å². The molecule has 3 heterocycles. The summed E-state index contributed by atoms with van der Waals surface area (Å²) in [4.78, 5) is 12.4. The van der Waals surface area contributed by atoms with Crippen molar-refractivity contribution in [1.29, 1.82) is 0 Å². The molecule has 3 aromatic rings. The maximum atomic E-state index is 12.4. The highest BCUT2D eigenvalue weighted by Gasteiger charge is 2.16. The molecule has 0 bridgehead atoms. The number of rotatable bonds is 6. The Morgan fingerprint density at radius 1 is 1.00 bits per heavy atom. The fourth-order valence-corrected chi connectivity index (χ4v) is 3.74. The lowest BCUT2D eigenvalue weighted by Gasteiger charge is -2.18. The van der Waals surface area contributed by atoms with Gasteiger partial charge in [-0.05, 0) is 40.3 Å². The van der Waals surface area contributed by atoms with Gasteiger partial charge in [-0.25, -0.2) is 4.68 Å². The van der Waals surface area contributed by atoms with Crippen LogP contribution in [0, 0.1) is 0 Å². The Kier molecular flexibility index (Phi) is 5.01. The first-order valence-corrected chi connectivity index (χ1v) is 10.2. The summed E-state index contributed by atoms with van der Waals surface area (Å²) in [6.07, 6.45) is 0. The number of hydrogen-bond acceptors (Lipinski definition) is 9. The zero-order valence-corrected chi connectivity index (χ0v) is 16.6. The van der Waals surface area contributed by atoms with Crippen LogP contribution in [0.3, 0.4) is 0 Å². The van der Waals surface area contributed by atoms with E-state index in [1.165, 1.54) is 11.8 Å². The number of tetrazole rings is 1. The number of thioether (sulfide) groups is 1. The van der Waals surface area contributed by atoms with E-state index in [0.29, 0.717) is 47.9 Å². The van der Waals surface area contributed by atoms with Gasteiger partial charge < -0.3 is 24.3 Å². The second-order valence-corrected chi connectivity index (χ2v) is 7.44. The Morgan fingerprint density at radius 2 is 1.77 bits per heavy atom. The minimum atomic E-state index is -0.172. The molecule has 0 saturated heterocycles. The summed E-state index contributed by atoms with van der Waals surface area (Å²) < 4.78 is 23.4. The molecule has 10 nitrogen and oxygen atoms in total. The van der Waals surface area contributed by atoms with Crippen molar-refractivity contribution in [3.05, 3.63) is 42.0 Å². The van der Waals surface area contributed by atoms with Gasteiger partial charge in [0, 0.05) is 11.8 Å². The molecule has 2 aliphatic rings. The van der Waals surface area contributed by atoms with Crippen LogP contribution < -0.4 is 24.3 Å². The predicted octanol–water partition coefficient (Wildman–Crippen LogP) is 1.95. The Labute approximate surface area is 175 Å². The first-order valence-electron chi connectivity index (χ1n) is 9.21. The topological polar surface area (TPSA) is 110 Å². The lowest BCUT2D eigenvalue weighted by Crippen LogP contribution is -2.17. The lowest BCUT2D eigenvalue weighted by atomic mass is 10.2. The number of aromatic nitrogens is 4. The summed E-state index contributed by atoms with van der Waals surface area (Å²) in [5.41, 5.74) is 1.61. The molecule has 0 unspecified atom stereocenters. The van der Waals surface area contributed by atoms with Crippen molar-refractivity contribution >= 4 is 23.4 Å². The van der Waals surface area contributed by atoms with E-state index in [1.54, 1.807) is 22.9 Å². The predicted molar refractivity (Wildman–Crippen MR) is 106 cm³/mol. The van der Waals surface area contributed by atoms with Crippen LogP contribution in [0.2, 0.25) is 0 Å². The van der Waals surface area contributed by atoms with Crippen LogP contribution in [0.5, 0.6) is 23.0 Å². The van der Waals surface area contributed by atoms with Crippen LogP contribution in [0.4, 0.5) is 5.69 Å². The van der Waals surface area contributed by atoms with E-state index in [1.807, 2.05) is 18.2 Å². The molecule has 1 N–H and O–H groups in total. The summed E-state index contributed by atoms with van der Waals surface area (Å²) in [5, 5.41) is 15.1. The van der Waals surface area contributed by atoms with E-state index < -0.39 is 0 Å². The third kappa shape index (κ3) is 3.96. The van der Waals surface area contributed by atoms with Gasteiger partial charge in [-0.2, -0.15) is 0 Å². The van der Waals surface area contributed by atoms with Gasteiger partial charge >= 0.3 is 0 Å². The van der Waals surface area contributed by atoms with E-state index >= 15 is 0 Å². The monoisotopic (exact) mass is 427 g/mol. The first kappa shape index (κ1) is 18.6. The van der Waals surface area contributed by atoms with Gasteiger partial charge in [-0.3, -0.25) is 4.79 Å². The lowest BCUT2D eigenvalue weighted by molar-refractivity contribution is -0.113. The number of carbonyl (C=O) groups is 1. The zero-order valence-electron chi connectivity index (χ0n) is 15.7. The molecule has 0 atom stereocenters. The third-order valence-electron chi connectivity index (χ3n) is 4.43. The summed E-state index contributed by atoms with van der Waals surface area (Å²) in [5.74, 6) is 2.72. The van der Waals surface area contributed by atoms with Crippen LogP contribution >= 0.6 is 11.8 Å². The Hall–Kier alpha value is -3.47. The second-order valence-electron chi connectivity index (χ2n) is 6.50. The molecule has 2 aliphatic heterocycles. The average Bonchev–Trinajstić information content (AvgIpc) is 3.41. The fourth-order valence-electron chi connectivity index (χ4n) is 3.06. The maximum Gasteiger partial charge on any atom is 0.234 e. The van der Waals surface area contributed by atoms with Gasteiger partial charge in [0.05, 0.1) is 12.3 Å². The molecule has 0 aliphatic carbocycles. The smallest absolute Gasteiger partial charge is 0.234 e. The van der Waals surface area contributed by atoms with E-state index in [9.17, 15) is 4.79 Å². The molecule has 0 fully saturated rings. The highest BCUT2D eigenvalue weighted by atomic mass is 32.2. The van der Waals surface area contributed by atoms with E-state index in [4.69, 9.17) is 18.9 Å². The van der Waals surface area contributed by atoms with Crippen molar-refractivity contribution in [3.8, 4) is 23.0 Å². The quantitative estimate of drug-likeness (QED) is 0.590. The van der Waals surface area contributed by atoms with Crippen molar-refractivity contribution in [2.45, 2.75) is 11.7 Å². The molecule has 2 aromatic carbocycles. The molecule has 1 aromatic heterocycles. The van der Waals surface area contributed by atoms with Gasteiger partial charge in [0.15, 0.2) is 23.0 Å². The normalized spacial score (nSPS) is 13.9. The number of hydrogen-bond donors (Lipinski definition) is 1. The average molecular weight is 427 g/mol. The summed E-state index contributed by atoms with van der Waals surface area (Å²) in [7, 11) is 0. The van der Waals surface area contributed by atoms with Crippen molar-refractivity contribution in [2.24, 2.45) is 0 Å². The number of amides is 1. The summed E-state index contributed by atoms with van der Waals surface area (Å²) in [6.45, 7) is 1.70. The molecule has 154 valence electrons. The summed E-state index contributed by atoms with van der Waals surface area (Å²) in [6, 6.07) is 11.0. The standard InChI is InChI=1S/C19H17N5O5S/c25-18(20-13-2-4-14-17(8-13)27-6-5-26-14)10-30-19-21-22-23-24(19)9-12-1-3-15-16(7-12)29-11-28-15/h1-4,7-8H,5-6,9-11H2,(H,20,25). The molecule has 1 amide bonds. The van der Waals surface area contributed by atoms with Gasteiger partial charge in [0.1, 0.15) is 13.2 Å². The molecular weight excluding hydrogens is 410 g/mol. The highest BCUT2D eigenvalue weighted by Crippen LogP contribution is 2.33. The van der Waals surface area contributed by atoms with Gasteiger partial charge in [-0.1, -0.05) is 17.8 Å². The number of fused-ring (bicyclic) bond motifs is 2. The number of nitrogens with zero attached hydrogens (tertiary/aromatic N) is 4. The highest BCUT2D eigenvalue weighted by molar-refractivity contribution is 7.99. The number of carbonyl (C=O) groups excluding carboxylic acids is 1. The van der Waals surface area contributed by atoms with E-state index in [-0.39, 0.29) is 18.5 Å². The number of benzene rings is 2. The SMILES string of the molecule is O=C(CSc1nnnn1Cc1ccc2c(c1)OCO2)Nc1ccc2c(c1)OCCO2. The fraction of sp³-hybridized carbons (Fsp3) is 0.263. The molecular formula is C19H17N5O5S. The Morgan fingerprint density at radius 3 is 2.70 bits per heavy atom. The number of nitrogens with one attached hydrogen (secondary N) is 1. The third-order valence-corrected chi connectivity index (χ3v) is 5.38. The van der Waals surface area contributed by atoms with Gasteiger partial charge in [0.25, 0.3) is 0 Å². The maximum absolute atomic E-state index is 12.4. The minimum absolute atomic E-state index is 0.163. The van der Waals surface area contributed by atoms with Gasteiger partial charge in [0.2, 0.25) is 17.9 Å². The van der Waals surface area contributed by atoms with Crippen molar-refractivity contribution < 1.29 is 23.7 Å². The molecule has 11 heteroatoms. The largest absolute Gasteiger partial charge is 0.486 e. The minimum Gasteiger partial charge on any atom is -0.486 e. The van der Waals surface area contributed by atoms with Crippen molar-refractivity contribution in [1.82, 2.24) is 20.2 Å². The zero-order chi connectivity index (χ0) is 20.3. The Bertz CT molecular complexity index is 1090. The van der Waals surface area contributed by atoms with Crippen molar-refractivity contribution in [3.63, 3.8) is 0 Å². The van der Waals surface area contributed by atoms with Crippen LogP contribution in [-0.4, -0.2) is 51.9 Å². The number of anilines is 1. The second kappa shape index (κ2) is 8.11. The van der Waals surface area contributed by atoms with Crippen LogP contribution in [0.15, 0.2) is 41.6 Å². The number of ether oxygens (including phenoxy) is 4. The summed E-state index contributed by atoms with van der Waals surface area (Å²) >= 11 is 1.26. The molecule has 0 saturated carbocycles. The molecule has 30 heavy (non-hydrogen) atoms. The molecule has 0 radical (unpaired) electrons. The van der Waals surface area contributed by atoms with Crippen molar-refractivity contribution in [2.75, 3.05) is 31.1 Å². The first-order chi connectivity index (χ1) is 14.7. The van der Waals surface area contributed by atoms with Crippen LogP contribution in [0.25, 0.3) is 0 Å². The molecule has 0 spiro atoms. The van der Waals surface area contributed by atoms with E-state index in [2.05, 4.69) is 20.8 Å². The molecule has 5 rings (SSSR count). The van der Waals surface area contributed by atoms with Gasteiger partial charge in [-0.15, -0.1) is 5.10 Å². The Balaban J connectivity index is 1.19. The van der Waals surface area contributed by atoms with Crippen LogP contribution in [0.1, 0.15) is 5.56 Å².